The largest absolute Gasteiger partial charge is 0.478 e. The zero-order valence-electron chi connectivity index (χ0n) is 11.8. The van der Waals surface area contributed by atoms with Crippen LogP contribution in [0.15, 0.2) is 23.1 Å². The van der Waals surface area contributed by atoms with Crippen molar-refractivity contribution in [1.29, 1.82) is 0 Å². The summed E-state index contributed by atoms with van der Waals surface area (Å²) in [5.41, 5.74) is -0.362. The Morgan fingerprint density at radius 1 is 1.38 bits per heavy atom. The molecule has 2 rings (SSSR count). The number of halogens is 1. The molecule has 0 atom stereocenters. The van der Waals surface area contributed by atoms with Crippen LogP contribution in [0.4, 0.5) is 4.39 Å². The van der Waals surface area contributed by atoms with Gasteiger partial charge in [-0.05, 0) is 37.0 Å². The minimum Gasteiger partial charge on any atom is -0.478 e. The zero-order valence-corrected chi connectivity index (χ0v) is 12.7. The molecule has 1 N–H and O–H groups in total. The summed E-state index contributed by atoms with van der Waals surface area (Å²) in [5, 5.41) is 8.87. The number of benzene rings is 1. The lowest BCUT2D eigenvalue weighted by atomic mass is 9.99. The predicted molar refractivity (Wildman–Crippen MR) is 79.1 cm³/mol. The number of carboxylic acid groups (broad SMARTS) is 1. The lowest BCUT2D eigenvalue weighted by molar-refractivity contribution is -0.129. The Morgan fingerprint density at radius 2 is 2.05 bits per heavy atom. The smallest absolute Gasteiger partial charge is 0.338 e. The van der Waals surface area contributed by atoms with Crippen molar-refractivity contribution in [3.8, 4) is 0 Å². The molecule has 1 aliphatic heterocycles. The maximum atomic E-state index is 13.3. The van der Waals surface area contributed by atoms with E-state index in [4.69, 9.17) is 5.11 Å². The Bertz CT molecular complexity index is 542. The van der Waals surface area contributed by atoms with Crippen LogP contribution in [-0.2, 0) is 4.79 Å². The molecule has 1 heterocycles. The summed E-state index contributed by atoms with van der Waals surface area (Å²) >= 11 is 1.24. The maximum absolute atomic E-state index is 13.3. The third kappa shape index (κ3) is 4.20. The van der Waals surface area contributed by atoms with E-state index in [-0.39, 0.29) is 17.2 Å². The van der Waals surface area contributed by atoms with Crippen LogP contribution in [0.1, 0.15) is 30.1 Å². The van der Waals surface area contributed by atoms with Crippen LogP contribution < -0.4 is 0 Å². The van der Waals surface area contributed by atoms with E-state index >= 15 is 0 Å². The number of aromatic carboxylic acids is 1. The number of carbonyl (C=O) groups excluding carboxylic acids is 1. The SMILES string of the molecule is CC1CCN(C(=O)CSc2ccc(F)c(C(=O)O)c2)CC1. The van der Waals surface area contributed by atoms with Gasteiger partial charge >= 0.3 is 5.97 Å². The van der Waals surface area contributed by atoms with Gasteiger partial charge in [0.25, 0.3) is 0 Å². The molecule has 0 aliphatic carbocycles. The van der Waals surface area contributed by atoms with Crippen molar-refractivity contribution in [2.45, 2.75) is 24.7 Å². The van der Waals surface area contributed by atoms with Crippen LogP contribution in [0.25, 0.3) is 0 Å². The first kappa shape index (κ1) is 15.8. The fourth-order valence-electron chi connectivity index (χ4n) is 2.25. The second kappa shape index (κ2) is 6.93. The van der Waals surface area contributed by atoms with Crippen LogP contribution in [-0.4, -0.2) is 40.7 Å². The highest BCUT2D eigenvalue weighted by atomic mass is 32.2. The van der Waals surface area contributed by atoms with Crippen molar-refractivity contribution >= 4 is 23.6 Å². The number of thioether (sulfide) groups is 1. The number of rotatable bonds is 4. The lowest BCUT2D eigenvalue weighted by Crippen LogP contribution is -2.38. The van der Waals surface area contributed by atoms with Crippen molar-refractivity contribution < 1.29 is 19.1 Å². The van der Waals surface area contributed by atoms with E-state index in [0.717, 1.165) is 32.0 Å². The minimum atomic E-state index is -1.30. The highest BCUT2D eigenvalue weighted by Crippen LogP contribution is 2.23. The fourth-order valence-corrected chi connectivity index (χ4v) is 3.09. The molecule has 0 saturated carbocycles. The van der Waals surface area contributed by atoms with Gasteiger partial charge in [0.05, 0.1) is 11.3 Å². The molecule has 0 aromatic heterocycles. The van der Waals surface area contributed by atoms with Crippen molar-refractivity contribution in [3.63, 3.8) is 0 Å². The van der Waals surface area contributed by atoms with Gasteiger partial charge in [-0.25, -0.2) is 9.18 Å². The molecular weight excluding hydrogens is 293 g/mol. The summed E-state index contributed by atoms with van der Waals surface area (Å²) in [7, 11) is 0. The van der Waals surface area contributed by atoms with E-state index in [1.165, 1.54) is 23.9 Å². The van der Waals surface area contributed by atoms with Gasteiger partial charge in [0.2, 0.25) is 5.91 Å². The molecule has 1 aromatic rings. The molecule has 1 fully saturated rings. The molecular formula is C15H18FNO3S. The summed E-state index contributed by atoms with van der Waals surface area (Å²) in [6, 6.07) is 3.89. The number of hydrogen-bond donors (Lipinski definition) is 1. The Balaban J connectivity index is 1.92. The van der Waals surface area contributed by atoms with Crippen molar-refractivity contribution in [1.82, 2.24) is 4.90 Å². The van der Waals surface area contributed by atoms with E-state index in [9.17, 15) is 14.0 Å². The third-order valence-electron chi connectivity index (χ3n) is 3.67. The first-order chi connectivity index (χ1) is 9.97. The number of likely N-dealkylation sites (tertiary alicyclic amines) is 1. The second-order valence-electron chi connectivity index (χ2n) is 5.30. The number of nitrogens with zero attached hydrogens (tertiary/aromatic N) is 1. The second-order valence-corrected chi connectivity index (χ2v) is 6.35. The summed E-state index contributed by atoms with van der Waals surface area (Å²) < 4.78 is 13.3. The highest BCUT2D eigenvalue weighted by molar-refractivity contribution is 8.00. The molecule has 4 nitrogen and oxygen atoms in total. The van der Waals surface area contributed by atoms with Gasteiger partial charge < -0.3 is 10.0 Å². The number of piperidine rings is 1. The number of amides is 1. The van der Waals surface area contributed by atoms with Gasteiger partial charge in [0.15, 0.2) is 0 Å². The van der Waals surface area contributed by atoms with Gasteiger partial charge in [-0.3, -0.25) is 4.79 Å². The monoisotopic (exact) mass is 311 g/mol. The van der Waals surface area contributed by atoms with E-state index in [1.807, 2.05) is 4.90 Å². The molecule has 0 spiro atoms. The van der Waals surface area contributed by atoms with Gasteiger partial charge in [-0.15, -0.1) is 11.8 Å². The van der Waals surface area contributed by atoms with Crippen LogP contribution in [0.2, 0.25) is 0 Å². The van der Waals surface area contributed by atoms with Gasteiger partial charge in [-0.2, -0.15) is 0 Å². The average Bonchev–Trinajstić information content (AvgIpc) is 2.46. The minimum absolute atomic E-state index is 0.0492. The summed E-state index contributed by atoms with van der Waals surface area (Å²) in [5.74, 6) is -1.10. The number of carboxylic acids is 1. The van der Waals surface area contributed by atoms with Crippen LogP contribution >= 0.6 is 11.8 Å². The molecule has 0 radical (unpaired) electrons. The summed E-state index contributed by atoms with van der Waals surface area (Å²) in [4.78, 5) is 25.4. The number of carbonyl (C=O) groups is 2. The lowest BCUT2D eigenvalue weighted by Gasteiger charge is -2.30. The molecule has 0 unspecified atom stereocenters. The van der Waals surface area contributed by atoms with E-state index in [1.54, 1.807) is 0 Å². The first-order valence-electron chi connectivity index (χ1n) is 6.91. The summed E-state index contributed by atoms with van der Waals surface area (Å²) in [6.45, 7) is 3.75. The van der Waals surface area contributed by atoms with Crippen LogP contribution in [0, 0.1) is 11.7 Å². The molecule has 0 bridgehead atoms. The Morgan fingerprint density at radius 3 is 2.67 bits per heavy atom. The zero-order chi connectivity index (χ0) is 15.4. The average molecular weight is 311 g/mol. The Hall–Kier alpha value is -1.56. The fraction of sp³-hybridized carbons (Fsp3) is 0.467. The van der Waals surface area contributed by atoms with Crippen molar-refractivity contribution in [2.75, 3.05) is 18.8 Å². The topological polar surface area (TPSA) is 57.6 Å². The van der Waals surface area contributed by atoms with Crippen molar-refractivity contribution in [3.05, 3.63) is 29.6 Å². The normalized spacial score (nSPS) is 16.0. The van der Waals surface area contributed by atoms with Crippen molar-refractivity contribution in [2.24, 2.45) is 5.92 Å². The Kier molecular flexibility index (Phi) is 5.22. The van der Waals surface area contributed by atoms with E-state index < -0.39 is 11.8 Å². The molecule has 1 aromatic carbocycles. The van der Waals surface area contributed by atoms with Gasteiger partial charge in [-0.1, -0.05) is 6.92 Å². The maximum Gasteiger partial charge on any atom is 0.338 e. The highest BCUT2D eigenvalue weighted by Gasteiger charge is 2.20. The molecule has 6 heteroatoms. The summed E-state index contributed by atoms with van der Waals surface area (Å²) in [6.07, 6.45) is 2.05. The van der Waals surface area contributed by atoms with E-state index in [0.29, 0.717) is 10.8 Å². The van der Waals surface area contributed by atoms with Gasteiger partial charge in [0, 0.05) is 18.0 Å². The quantitative estimate of drug-likeness (QED) is 0.869. The predicted octanol–water partition coefficient (Wildman–Crippen LogP) is 2.87. The Labute approximate surface area is 127 Å². The first-order valence-corrected chi connectivity index (χ1v) is 7.89. The molecule has 114 valence electrons. The third-order valence-corrected chi connectivity index (χ3v) is 4.65. The standard InChI is InChI=1S/C15H18FNO3S/c1-10-4-6-17(7-5-10)14(18)9-21-11-2-3-13(16)12(8-11)15(19)20/h2-3,8,10H,4-7,9H2,1H3,(H,19,20). The molecule has 21 heavy (non-hydrogen) atoms. The number of hydrogen-bond acceptors (Lipinski definition) is 3. The molecule has 1 aliphatic rings. The van der Waals surface area contributed by atoms with E-state index in [2.05, 4.69) is 6.92 Å². The van der Waals surface area contributed by atoms with Crippen LogP contribution in [0.3, 0.4) is 0 Å². The van der Waals surface area contributed by atoms with Crippen LogP contribution in [0.5, 0.6) is 0 Å². The van der Waals surface area contributed by atoms with Gasteiger partial charge in [0.1, 0.15) is 5.82 Å². The molecule has 1 saturated heterocycles. The molecule has 1 amide bonds.